The SMILES string of the molecule is Cc1cccc(-c2nnc(SCC(=O)N(C)C3CCCCC3C)n2C)c1. The molecule has 1 aromatic carbocycles. The van der Waals surface area contributed by atoms with E-state index in [1.165, 1.54) is 36.6 Å². The van der Waals surface area contributed by atoms with Crippen LogP contribution in [0.15, 0.2) is 29.4 Å². The molecule has 0 N–H and O–H groups in total. The molecular weight excluding hydrogens is 344 g/mol. The number of hydrogen-bond donors (Lipinski definition) is 0. The Bertz CT molecular complexity index is 773. The third-order valence-electron chi connectivity index (χ3n) is 5.39. The first-order chi connectivity index (χ1) is 12.5. The van der Waals surface area contributed by atoms with Gasteiger partial charge in [-0.15, -0.1) is 10.2 Å². The molecule has 1 heterocycles. The second-order valence-electron chi connectivity index (χ2n) is 7.36. The molecule has 1 saturated carbocycles. The molecule has 2 unspecified atom stereocenters. The summed E-state index contributed by atoms with van der Waals surface area (Å²) < 4.78 is 1.97. The third kappa shape index (κ3) is 4.11. The molecule has 1 aromatic heterocycles. The molecule has 0 radical (unpaired) electrons. The molecule has 2 atom stereocenters. The van der Waals surface area contributed by atoms with Crippen molar-refractivity contribution in [2.24, 2.45) is 13.0 Å². The van der Waals surface area contributed by atoms with Crippen LogP contribution in [-0.2, 0) is 11.8 Å². The van der Waals surface area contributed by atoms with Crippen molar-refractivity contribution in [2.45, 2.75) is 50.7 Å². The maximum absolute atomic E-state index is 12.6. The van der Waals surface area contributed by atoms with Gasteiger partial charge in [0.05, 0.1) is 5.75 Å². The number of carbonyl (C=O) groups is 1. The second-order valence-corrected chi connectivity index (χ2v) is 8.30. The molecule has 3 rings (SSSR count). The lowest BCUT2D eigenvalue weighted by atomic mass is 9.85. The number of amides is 1. The Labute approximate surface area is 160 Å². The van der Waals surface area contributed by atoms with Crippen LogP contribution in [0.4, 0.5) is 0 Å². The second kappa shape index (κ2) is 8.25. The summed E-state index contributed by atoms with van der Waals surface area (Å²) in [5.74, 6) is 2.00. The quantitative estimate of drug-likeness (QED) is 0.747. The first-order valence-electron chi connectivity index (χ1n) is 9.32. The van der Waals surface area contributed by atoms with Crippen LogP contribution in [0.25, 0.3) is 11.4 Å². The zero-order chi connectivity index (χ0) is 18.7. The normalized spacial score (nSPS) is 20.2. The van der Waals surface area contributed by atoms with Gasteiger partial charge in [0.1, 0.15) is 0 Å². The van der Waals surface area contributed by atoms with Crippen LogP contribution in [0.1, 0.15) is 38.2 Å². The average molecular weight is 373 g/mol. The van der Waals surface area contributed by atoms with Crippen LogP contribution in [0.5, 0.6) is 0 Å². The van der Waals surface area contributed by atoms with Crippen molar-refractivity contribution in [1.29, 1.82) is 0 Å². The number of benzene rings is 1. The van der Waals surface area contributed by atoms with Crippen LogP contribution in [-0.4, -0.2) is 44.4 Å². The smallest absolute Gasteiger partial charge is 0.233 e. The molecule has 0 spiro atoms. The predicted molar refractivity (Wildman–Crippen MR) is 106 cm³/mol. The van der Waals surface area contributed by atoms with E-state index in [2.05, 4.69) is 36.2 Å². The molecular formula is C20H28N4OS. The van der Waals surface area contributed by atoms with Crippen molar-refractivity contribution >= 4 is 17.7 Å². The van der Waals surface area contributed by atoms with E-state index < -0.39 is 0 Å². The maximum atomic E-state index is 12.6. The van der Waals surface area contributed by atoms with Crippen molar-refractivity contribution in [3.05, 3.63) is 29.8 Å². The fourth-order valence-corrected chi connectivity index (χ4v) is 4.60. The number of aromatic nitrogens is 3. The number of nitrogens with zero attached hydrogens (tertiary/aromatic N) is 4. The molecule has 1 amide bonds. The highest BCUT2D eigenvalue weighted by Crippen LogP contribution is 2.28. The Morgan fingerprint density at radius 2 is 2.08 bits per heavy atom. The Morgan fingerprint density at radius 1 is 1.31 bits per heavy atom. The topological polar surface area (TPSA) is 51.0 Å². The van der Waals surface area contributed by atoms with Crippen molar-refractivity contribution < 1.29 is 4.79 Å². The van der Waals surface area contributed by atoms with Crippen molar-refractivity contribution in [1.82, 2.24) is 19.7 Å². The third-order valence-corrected chi connectivity index (χ3v) is 6.40. The summed E-state index contributed by atoms with van der Waals surface area (Å²) in [5.41, 5.74) is 2.24. The largest absolute Gasteiger partial charge is 0.342 e. The molecule has 2 aromatic rings. The molecule has 26 heavy (non-hydrogen) atoms. The summed E-state index contributed by atoms with van der Waals surface area (Å²) in [6, 6.07) is 8.60. The van der Waals surface area contributed by atoms with Crippen molar-refractivity contribution in [3.8, 4) is 11.4 Å². The first kappa shape index (κ1) is 19.0. The van der Waals surface area contributed by atoms with Gasteiger partial charge in [0, 0.05) is 25.7 Å². The fourth-order valence-electron chi connectivity index (χ4n) is 3.76. The van der Waals surface area contributed by atoms with Gasteiger partial charge in [-0.05, 0) is 31.7 Å². The van der Waals surface area contributed by atoms with Gasteiger partial charge < -0.3 is 9.47 Å². The highest BCUT2D eigenvalue weighted by molar-refractivity contribution is 7.99. The Hall–Kier alpha value is -1.82. The summed E-state index contributed by atoms with van der Waals surface area (Å²) in [7, 11) is 3.90. The first-order valence-corrected chi connectivity index (χ1v) is 10.3. The lowest BCUT2D eigenvalue weighted by Gasteiger charge is -2.36. The Balaban J connectivity index is 1.64. The van der Waals surface area contributed by atoms with Crippen LogP contribution in [0, 0.1) is 12.8 Å². The van der Waals surface area contributed by atoms with E-state index in [9.17, 15) is 4.79 Å². The van der Waals surface area contributed by atoms with Gasteiger partial charge in [0.15, 0.2) is 11.0 Å². The van der Waals surface area contributed by atoms with E-state index in [0.29, 0.717) is 17.7 Å². The highest BCUT2D eigenvalue weighted by Gasteiger charge is 2.28. The van der Waals surface area contributed by atoms with Crippen LogP contribution < -0.4 is 0 Å². The molecule has 0 saturated heterocycles. The average Bonchev–Trinajstić information content (AvgIpc) is 3.00. The molecule has 1 aliphatic rings. The lowest BCUT2D eigenvalue weighted by Crippen LogP contribution is -2.43. The number of carbonyl (C=O) groups excluding carboxylic acids is 1. The highest BCUT2D eigenvalue weighted by atomic mass is 32.2. The zero-order valence-electron chi connectivity index (χ0n) is 16.1. The van der Waals surface area contributed by atoms with Crippen molar-refractivity contribution in [3.63, 3.8) is 0 Å². The summed E-state index contributed by atoms with van der Waals surface area (Å²) in [4.78, 5) is 14.6. The van der Waals surface area contributed by atoms with E-state index in [0.717, 1.165) is 23.0 Å². The van der Waals surface area contributed by atoms with E-state index in [1.54, 1.807) is 0 Å². The molecule has 0 aliphatic heterocycles. The van der Waals surface area contributed by atoms with Gasteiger partial charge >= 0.3 is 0 Å². The Morgan fingerprint density at radius 3 is 2.81 bits per heavy atom. The van der Waals surface area contributed by atoms with Crippen LogP contribution in [0.2, 0.25) is 0 Å². The molecule has 1 aliphatic carbocycles. The fraction of sp³-hybridized carbons (Fsp3) is 0.550. The Kier molecular flexibility index (Phi) is 6.01. The standard InChI is InChI=1S/C20H28N4OS/c1-14-8-7-10-16(12-14)19-21-22-20(24(19)4)26-13-18(25)23(3)17-11-6-5-9-15(17)2/h7-8,10,12,15,17H,5-6,9,11,13H2,1-4H3. The van der Waals surface area contributed by atoms with Crippen molar-refractivity contribution in [2.75, 3.05) is 12.8 Å². The number of hydrogen-bond acceptors (Lipinski definition) is 4. The summed E-state index contributed by atoms with van der Waals surface area (Å²) >= 11 is 1.47. The molecule has 140 valence electrons. The van der Waals surface area contributed by atoms with Crippen LogP contribution in [0.3, 0.4) is 0 Å². The molecule has 5 nitrogen and oxygen atoms in total. The predicted octanol–water partition coefficient (Wildman–Crippen LogP) is 3.92. The van der Waals surface area contributed by atoms with E-state index in [1.807, 2.05) is 35.7 Å². The number of rotatable bonds is 5. The number of aryl methyl sites for hydroxylation is 1. The lowest BCUT2D eigenvalue weighted by molar-refractivity contribution is -0.130. The summed E-state index contributed by atoms with van der Waals surface area (Å²) in [6.45, 7) is 4.33. The van der Waals surface area contributed by atoms with Gasteiger partial charge in [-0.1, -0.05) is 55.3 Å². The maximum Gasteiger partial charge on any atom is 0.233 e. The van der Waals surface area contributed by atoms with Crippen LogP contribution >= 0.6 is 11.8 Å². The number of thioether (sulfide) groups is 1. The van der Waals surface area contributed by atoms with Gasteiger partial charge in [-0.25, -0.2) is 0 Å². The summed E-state index contributed by atoms with van der Waals surface area (Å²) in [6.07, 6.45) is 4.85. The van der Waals surface area contributed by atoms with Gasteiger partial charge in [-0.3, -0.25) is 4.79 Å². The van der Waals surface area contributed by atoms with E-state index >= 15 is 0 Å². The van der Waals surface area contributed by atoms with Gasteiger partial charge in [-0.2, -0.15) is 0 Å². The van der Waals surface area contributed by atoms with E-state index in [-0.39, 0.29) is 5.91 Å². The van der Waals surface area contributed by atoms with Gasteiger partial charge in [0.25, 0.3) is 0 Å². The molecule has 1 fully saturated rings. The minimum atomic E-state index is 0.175. The molecule has 6 heteroatoms. The monoisotopic (exact) mass is 372 g/mol. The minimum absolute atomic E-state index is 0.175. The molecule has 0 bridgehead atoms. The van der Waals surface area contributed by atoms with Gasteiger partial charge in [0.2, 0.25) is 5.91 Å². The zero-order valence-corrected chi connectivity index (χ0v) is 16.9. The summed E-state index contributed by atoms with van der Waals surface area (Å²) in [5, 5.41) is 9.38. The minimum Gasteiger partial charge on any atom is -0.342 e. The van der Waals surface area contributed by atoms with E-state index in [4.69, 9.17) is 0 Å².